The Morgan fingerprint density at radius 2 is 2.14 bits per heavy atom. The highest BCUT2D eigenvalue weighted by Gasteiger charge is 2.22. The molecule has 0 fully saturated rings. The number of thiophene rings is 1. The van der Waals surface area contributed by atoms with Crippen LogP contribution in [0.4, 0.5) is 0 Å². The number of rotatable bonds is 3. The fourth-order valence-corrected chi connectivity index (χ4v) is 3.46. The Morgan fingerprint density at radius 1 is 1.36 bits per heavy atom. The second-order valence-electron chi connectivity index (χ2n) is 5.95. The van der Waals surface area contributed by atoms with Crippen molar-refractivity contribution >= 4 is 33.3 Å². The Hall–Kier alpha value is -1.67. The molecule has 0 radical (unpaired) electrons. The number of aromatic nitrogens is 4. The third-order valence-electron chi connectivity index (χ3n) is 3.09. The van der Waals surface area contributed by atoms with Gasteiger partial charge in [-0.2, -0.15) is 4.98 Å². The molecule has 0 unspecified atom stereocenters. The summed E-state index contributed by atoms with van der Waals surface area (Å²) in [6.45, 7) is 6.06. The van der Waals surface area contributed by atoms with Gasteiger partial charge in [-0.15, -0.1) is 11.3 Å². The lowest BCUT2D eigenvalue weighted by Crippen LogP contribution is -2.18. The minimum atomic E-state index is -0.170. The summed E-state index contributed by atoms with van der Waals surface area (Å²) in [5.41, 5.74) is 0.543. The molecular weight excluding hydrogens is 320 g/mol. The highest BCUT2D eigenvalue weighted by Crippen LogP contribution is 2.24. The van der Waals surface area contributed by atoms with Crippen LogP contribution >= 0.6 is 23.1 Å². The smallest absolute Gasteiger partial charge is 0.271 e. The standard InChI is InChI=1S/C14H16N4O2S2/c1-14(2,3)12-16-9(17-20-12)7-22-13-15-8-5-6-21-10(8)11(19)18(13)4/h5-6H,7H2,1-4H3. The minimum Gasteiger partial charge on any atom is -0.339 e. The van der Waals surface area contributed by atoms with Gasteiger partial charge in [-0.1, -0.05) is 37.7 Å². The summed E-state index contributed by atoms with van der Waals surface area (Å²) < 4.78 is 7.51. The molecule has 0 aliphatic carbocycles. The number of hydrogen-bond donors (Lipinski definition) is 0. The van der Waals surface area contributed by atoms with E-state index in [1.165, 1.54) is 23.1 Å². The number of nitrogens with zero attached hydrogens (tertiary/aromatic N) is 4. The van der Waals surface area contributed by atoms with Crippen LogP contribution in [-0.2, 0) is 18.2 Å². The molecule has 0 amide bonds. The molecule has 3 aromatic heterocycles. The SMILES string of the molecule is Cn1c(SCc2noc(C(C)(C)C)n2)nc2ccsc2c1=O. The van der Waals surface area contributed by atoms with Gasteiger partial charge in [-0.3, -0.25) is 9.36 Å². The maximum Gasteiger partial charge on any atom is 0.271 e. The summed E-state index contributed by atoms with van der Waals surface area (Å²) in [4.78, 5) is 21.1. The summed E-state index contributed by atoms with van der Waals surface area (Å²) in [5, 5.41) is 6.51. The molecular formula is C14H16N4O2S2. The number of fused-ring (bicyclic) bond motifs is 1. The van der Waals surface area contributed by atoms with Gasteiger partial charge in [-0.25, -0.2) is 4.98 Å². The summed E-state index contributed by atoms with van der Waals surface area (Å²) in [6.07, 6.45) is 0. The molecule has 0 aromatic carbocycles. The van der Waals surface area contributed by atoms with E-state index in [9.17, 15) is 4.79 Å². The van der Waals surface area contributed by atoms with Crippen molar-refractivity contribution in [2.45, 2.75) is 37.1 Å². The van der Waals surface area contributed by atoms with E-state index in [0.29, 0.717) is 27.3 Å². The third-order valence-corrected chi connectivity index (χ3v) is 5.00. The van der Waals surface area contributed by atoms with Crippen molar-refractivity contribution in [1.29, 1.82) is 0 Å². The normalized spacial score (nSPS) is 12.2. The van der Waals surface area contributed by atoms with Crippen LogP contribution in [0.1, 0.15) is 32.5 Å². The maximum atomic E-state index is 12.2. The van der Waals surface area contributed by atoms with E-state index in [-0.39, 0.29) is 11.0 Å². The molecule has 116 valence electrons. The van der Waals surface area contributed by atoms with Crippen LogP contribution in [0.15, 0.2) is 25.9 Å². The van der Waals surface area contributed by atoms with Crippen molar-refractivity contribution in [3.05, 3.63) is 33.5 Å². The molecule has 3 rings (SSSR count). The molecule has 0 saturated heterocycles. The quantitative estimate of drug-likeness (QED) is 0.541. The molecule has 6 nitrogen and oxygen atoms in total. The van der Waals surface area contributed by atoms with Crippen LogP contribution in [0.25, 0.3) is 10.2 Å². The molecule has 0 spiro atoms. The predicted octanol–water partition coefficient (Wildman–Crippen LogP) is 2.97. The van der Waals surface area contributed by atoms with Gasteiger partial charge >= 0.3 is 0 Å². The molecule has 0 aliphatic rings. The zero-order valence-corrected chi connectivity index (χ0v) is 14.4. The fourth-order valence-electron chi connectivity index (χ4n) is 1.84. The van der Waals surface area contributed by atoms with Gasteiger partial charge in [0.05, 0.1) is 11.3 Å². The topological polar surface area (TPSA) is 73.8 Å². The molecule has 8 heteroatoms. The van der Waals surface area contributed by atoms with Gasteiger partial charge in [0.1, 0.15) is 4.70 Å². The van der Waals surface area contributed by atoms with Crippen LogP contribution in [0.2, 0.25) is 0 Å². The second kappa shape index (κ2) is 5.51. The number of thioether (sulfide) groups is 1. The fraction of sp³-hybridized carbons (Fsp3) is 0.429. The summed E-state index contributed by atoms with van der Waals surface area (Å²) in [5.74, 6) is 1.73. The monoisotopic (exact) mass is 336 g/mol. The van der Waals surface area contributed by atoms with E-state index < -0.39 is 0 Å². The van der Waals surface area contributed by atoms with Crippen LogP contribution in [0, 0.1) is 0 Å². The maximum absolute atomic E-state index is 12.2. The van der Waals surface area contributed by atoms with Gasteiger partial charge in [0.15, 0.2) is 11.0 Å². The zero-order valence-electron chi connectivity index (χ0n) is 12.8. The summed E-state index contributed by atoms with van der Waals surface area (Å²) >= 11 is 2.84. The van der Waals surface area contributed by atoms with Crippen molar-refractivity contribution in [2.75, 3.05) is 0 Å². The molecule has 22 heavy (non-hydrogen) atoms. The Kier molecular flexibility index (Phi) is 3.82. The number of hydrogen-bond acceptors (Lipinski definition) is 7. The van der Waals surface area contributed by atoms with Crippen LogP contribution in [0.5, 0.6) is 0 Å². The Labute approximate surface area is 135 Å². The Morgan fingerprint density at radius 3 is 2.82 bits per heavy atom. The molecule has 3 heterocycles. The second-order valence-corrected chi connectivity index (χ2v) is 7.81. The largest absolute Gasteiger partial charge is 0.339 e. The van der Waals surface area contributed by atoms with Gasteiger partial charge in [-0.05, 0) is 11.4 Å². The molecule has 3 aromatic rings. The van der Waals surface area contributed by atoms with Gasteiger partial charge in [0, 0.05) is 12.5 Å². The lowest BCUT2D eigenvalue weighted by molar-refractivity contribution is 0.319. The van der Waals surface area contributed by atoms with E-state index >= 15 is 0 Å². The first-order valence-electron chi connectivity index (χ1n) is 6.76. The van der Waals surface area contributed by atoms with E-state index in [2.05, 4.69) is 15.1 Å². The van der Waals surface area contributed by atoms with Crippen molar-refractivity contribution < 1.29 is 4.52 Å². The van der Waals surface area contributed by atoms with E-state index in [4.69, 9.17) is 4.52 Å². The third kappa shape index (κ3) is 2.80. The lowest BCUT2D eigenvalue weighted by atomic mass is 9.97. The summed E-state index contributed by atoms with van der Waals surface area (Å²) in [6, 6.07) is 1.86. The average molecular weight is 336 g/mol. The summed E-state index contributed by atoms with van der Waals surface area (Å²) in [7, 11) is 1.73. The molecule has 0 bridgehead atoms. The first-order chi connectivity index (χ1) is 10.4. The van der Waals surface area contributed by atoms with Crippen molar-refractivity contribution in [2.24, 2.45) is 7.05 Å². The highest BCUT2D eigenvalue weighted by molar-refractivity contribution is 7.98. The van der Waals surface area contributed by atoms with Crippen LogP contribution < -0.4 is 5.56 Å². The van der Waals surface area contributed by atoms with E-state index in [1.54, 1.807) is 11.6 Å². The van der Waals surface area contributed by atoms with Crippen molar-refractivity contribution in [1.82, 2.24) is 19.7 Å². The Bertz CT molecular complexity index is 873. The molecule has 0 atom stereocenters. The first kappa shape index (κ1) is 15.2. The van der Waals surface area contributed by atoms with Gasteiger partial charge in [0.2, 0.25) is 5.89 Å². The molecule has 0 saturated carbocycles. The van der Waals surface area contributed by atoms with Gasteiger partial charge < -0.3 is 4.52 Å². The van der Waals surface area contributed by atoms with E-state index in [0.717, 1.165) is 5.52 Å². The van der Waals surface area contributed by atoms with Crippen molar-refractivity contribution in [3.63, 3.8) is 0 Å². The van der Waals surface area contributed by atoms with Crippen molar-refractivity contribution in [3.8, 4) is 0 Å². The predicted molar refractivity (Wildman–Crippen MR) is 87.4 cm³/mol. The first-order valence-corrected chi connectivity index (χ1v) is 8.63. The van der Waals surface area contributed by atoms with E-state index in [1.807, 2.05) is 32.2 Å². The highest BCUT2D eigenvalue weighted by atomic mass is 32.2. The Balaban J connectivity index is 1.83. The van der Waals surface area contributed by atoms with Crippen LogP contribution in [-0.4, -0.2) is 19.7 Å². The average Bonchev–Trinajstić information content (AvgIpc) is 3.09. The van der Waals surface area contributed by atoms with Crippen LogP contribution in [0.3, 0.4) is 0 Å². The molecule has 0 aliphatic heterocycles. The zero-order chi connectivity index (χ0) is 15.9. The van der Waals surface area contributed by atoms with Gasteiger partial charge in [0.25, 0.3) is 5.56 Å². The molecule has 0 N–H and O–H groups in total. The minimum absolute atomic E-state index is 0.0222. The lowest BCUT2D eigenvalue weighted by Gasteiger charge is -2.10.